The molecule has 0 bridgehead atoms. The summed E-state index contributed by atoms with van der Waals surface area (Å²) in [5.41, 5.74) is 7.14. The van der Waals surface area contributed by atoms with Gasteiger partial charge in [0.2, 0.25) is 0 Å². The van der Waals surface area contributed by atoms with E-state index in [0.29, 0.717) is 0 Å². The van der Waals surface area contributed by atoms with Gasteiger partial charge in [-0.2, -0.15) is 0 Å². The molecule has 1 aromatic rings. The van der Waals surface area contributed by atoms with E-state index in [0.717, 1.165) is 35.6 Å². The van der Waals surface area contributed by atoms with Crippen molar-refractivity contribution in [2.75, 3.05) is 0 Å². The first-order valence-corrected chi connectivity index (χ1v) is 6.22. The van der Waals surface area contributed by atoms with E-state index in [9.17, 15) is 0 Å². The SMILES string of the molecule is CCC1(CC)C[C@H](N)c2cc(Cl)ccc2O1. The van der Waals surface area contributed by atoms with E-state index in [1.54, 1.807) is 0 Å². The van der Waals surface area contributed by atoms with Crippen molar-refractivity contribution in [1.82, 2.24) is 0 Å². The number of ether oxygens (including phenoxy) is 1. The first-order valence-electron chi connectivity index (χ1n) is 5.84. The maximum absolute atomic E-state index is 6.20. The second-order valence-corrected chi connectivity index (χ2v) is 4.92. The Kier molecular flexibility index (Phi) is 3.13. The van der Waals surface area contributed by atoms with Gasteiger partial charge in [0.15, 0.2) is 0 Å². The van der Waals surface area contributed by atoms with Gasteiger partial charge >= 0.3 is 0 Å². The molecule has 2 N–H and O–H groups in total. The van der Waals surface area contributed by atoms with Gasteiger partial charge in [-0.15, -0.1) is 0 Å². The van der Waals surface area contributed by atoms with Gasteiger partial charge in [-0.25, -0.2) is 0 Å². The first kappa shape index (κ1) is 11.7. The molecule has 1 atom stereocenters. The molecule has 1 aliphatic heterocycles. The first-order chi connectivity index (χ1) is 7.60. The average Bonchev–Trinajstić information content (AvgIpc) is 2.30. The molecule has 0 saturated carbocycles. The van der Waals surface area contributed by atoms with Crippen LogP contribution in [0.15, 0.2) is 18.2 Å². The van der Waals surface area contributed by atoms with Crippen LogP contribution in [-0.2, 0) is 0 Å². The largest absolute Gasteiger partial charge is 0.487 e. The number of fused-ring (bicyclic) bond motifs is 1. The Bertz CT molecular complexity index is 388. The van der Waals surface area contributed by atoms with Crippen molar-refractivity contribution in [1.29, 1.82) is 0 Å². The molecule has 1 aliphatic rings. The van der Waals surface area contributed by atoms with Crippen LogP contribution in [0.25, 0.3) is 0 Å². The molecular formula is C13H18ClNO. The number of benzene rings is 1. The van der Waals surface area contributed by atoms with Crippen LogP contribution in [0, 0.1) is 0 Å². The fraction of sp³-hybridized carbons (Fsp3) is 0.538. The van der Waals surface area contributed by atoms with Crippen molar-refractivity contribution in [3.63, 3.8) is 0 Å². The Balaban J connectivity index is 2.40. The molecule has 0 unspecified atom stereocenters. The molecule has 1 aromatic carbocycles. The van der Waals surface area contributed by atoms with E-state index in [1.165, 1.54) is 0 Å². The summed E-state index contributed by atoms with van der Waals surface area (Å²) in [6.07, 6.45) is 2.84. The molecule has 2 rings (SSSR count). The third kappa shape index (κ3) is 1.92. The van der Waals surface area contributed by atoms with Crippen LogP contribution in [0.4, 0.5) is 0 Å². The molecular weight excluding hydrogens is 222 g/mol. The van der Waals surface area contributed by atoms with E-state index >= 15 is 0 Å². The van der Waals surface area contributed by atoms with Crippen molar-refractivity contribution in [2.45, 2.75) is 44.8 Å². The van der Waals surface area contributed by atoms with E-state index in [-0.39, 0.29) is 11.6 Å². The summed E-state index contributed by atoms with van der Waals surface area (Å²) >= 11 is 5.97. The van der Waals surface area contributed by atoms with Crippen molar-refractivity contribution in [3.05, 3.63) is 28.8 Å². The Morgan fingerprint density at radius 2 is 2.12 bits per heavy atom. The molecule has 3 heteroatoms. The maximum Gasteiger partial charge on any atom is 0.125 e. The van der Waals surface area contributed by atoms with Gasteiger partial charge < -0.3 is 10.5 Å². The highest BCUT2D eigenvalue weighted by atomic mass is 35.5. The molecule has 0 aliphatic carbocycles. The highest BCUT2D eigenvalue weighted by Gasteiger charge is 2.36. The van der Waals surface area contributed by atoms with Crippen molar-refractivity contribution in [3.8, 4) is 5.75 Å². The van der Waals surface area contributed by atoms with Crippen LogP contribution >= 0.6 is 11.6 Å². The highest BCUT2D eigenvalue weighted by Crippen LogP contribution is 2.42. The zero-order valence-electron chi connectivity index (χ0n) is 9.79. The predicted octanol–water partition coefficient (Wildman–Crippen LogP) is 3.68. The summed E-state index contributed by atoms with van der Waals surface area (Å²) in [6, 6.07) is 5.73. The molecule has 88 valence electrons. The third-order valence-electron chi connectivity index (χ3n) is 3.58. The van der Waals surface area contributed by atoms with Crippen LogP contribution in [0.1, 0.15) is 44.7 Å². The summed E-state index contributed by atoms with van der Waals surface area (Å²) < 4.78 is 6.10. The zero-order valence-corrected chi connectivity index (χ0v) is 10.6. The number of nitrogens with two attached hydrogens (primary N) is 1. The van der Waals surface area contributed by atoms with Gasteiger partial charge in [-0.1, -0.05) is 25.4 Å². The lowest BCUT2D eigenvalue weighted by Crippen LogP contribution is -2.41. The van der Waals surface area contributed by atoms with Crippen LogP contribution in [0.3, 0.4) is 0 Å². The molecule has 2 nitrogen and oxygen atoms in total. The molecule has 0 radical (unpaired) electrons. The van der Waals surface area contributed by atoms with E-state index in [2.05, 4.69) is 13.8 Å². The fourth-order valence-corrected chi connectivity index (χ4v) is 2.55. The average molecular weight is 240 g/mol. The monoisotopic (exact) mass is 239 g/mol. The summed E-state index contributed by atoms with van der Waals surface area (Å²) in [6.45, 7) is 4.30. The van der Waals surface area contributed by atoms with Gasteiger partial charge in [0.25, 0.3) is 0 Å². The number of hydrogen-bond donors (Lipinski definition) is 1. The zero-order chi connectivity index (χ0) is 11.8. The van der Waals surface area contributed by atoms with Crippen molar-refractivity contribution in [2.24, 2.45) is 5.73 Å². The molecule has 0 fully saturated rings. The third-order valence-corrected chi connectivity index (χ3v) is 3.81. The quantitative estimate of drug-likeness (QED) is 0.855. The van der Waals surface area contributed by atoms with Crippen molar-refractivity contribution >= 4 is 11.6 Å². The summed E-state index contributed by atoms with van der Waals surface area (Å²) in [5, 5.41) is 0.721. The smallest absolute Gasteiger partial charge is 0.125 e. The summed E-state index contributed by atoms with van der Waals surface area (Å²) in [5.74, 6) is 0.895. The van der Waals surface area contributed by atoms with Gasteiger partial charge in [0.1, 0.15) is 11.4 Å². The Labute approximate surface area is 102 Å². The lowest BCUT2D eigenvalue weighted by molar-refractivity contribution is 0.0282. The Morgan fingerprint density at radius 1 is 1.44 bits per heavy atom. The predicted molar refractivity (Wildman–Crippen MR) is 66.9 cm³/mol. The molecule has 0 saturated heterocycles. The van der Waals surface area contributed by atoms with Crippen LogP contribution in [0.5, 0.6) is 5.75 Å². The van der Waals surface area contributed by atoms with E-state index in [4.69, 9.17) is 22.1 Å². The normalized spacial score (nSPS) is 22.4. The minimum Gasteiger partial charge on any atom is -0.487 e. The number of hydrogen-bond acceptors (Lipinski definition) is 2. The molecule has 16 heavy (non-hydrogen) atoms. The minimum atomic E-state index is -0.0970. The maximum atomic E-state index is 6.20. The standard InChI is InChI=1S/C13H18ClNO/c1-3-13(4-2)8-11(15)10-7-9(14)5-6-12(10)16-13/h5-7,11H,3-4,8,15H2,1-2H3/t11-/m0/s1. The second-order valence-electron chi connectivity index (χ2n) is 4.48. The van der Waals surface area contributed by atoms with Gasteiger partial charge in [0.05, 0.1) is 0 Å². The molecule has 0 spiro atoms. The van der Waals surface area contributed by atoms with Gasteiger partial charge in [-0.3, -0.25) is 0 Å². The van der Waals surface area contributed by atoms with E-state index in [1.807, 2.05) is 18.2 Å². The second kappa shape index (κ2) is 4.27. The van der Waals surface area contributed by atoms with Crippen LogP contribution < -0.4 is 10.5 Å². The van der Waals surface area contributed by atoms with Crippen LogP contribution in [-0.4, -0.2) is 5.60 Å². The molecule has 0 aromatic heterocycles. The van der Waals surface area contributed by atoms with Gasteiger partial charge in [0, 0.05) is 23.0 Å². The lowest BCUT2D eigenvalue weighted by atomic mass is 9.84. The van der Waals surface area contributed by atoms with Crippen LogP contribution in [0.2, 0.25) is 5.02 Å². The molecule has 0 amide bonds. The lowest BCUT2D eigenvalue weighted by Gasteiger charge is -2.40. The molecule has 1 heterocycles. The van der Waals surface area contributed by atoms with Gasteiger partial charge in [-0.05, 0) is 31.0 Å². The summed E-state index contributed by atoms with van der Waals surface area (Å²) in [4.78, 5) is 0. The Morgan fingerprint density at radius 3 is 2.75 bits per heavy atom. The van der Waals surface area contributed by atoms with Crippen molar-refractivity contribution < 1.29 is 4.74 Å². The van der Waals surface area contributed by atoms with E-state index < -0.39 is 0 Å². The number of halogens is 1. The topological polar surface area (TPSA) is 35.2 Å². The number of rotatable bonds is 2. The highest BCUT2D eigenvalue weighted by molar-refractivity contribution is 6.30. The minimum absolute atomic E-state index is 0.0300. The summed E-state index contributed by atoms with van der Waals surface area (Å²) in [7, 11) is 0. The fourth-order valence-electron chi connectivity index (χ4n) is 2.37. The Hall–Kier alpha value is -0.730.